The van der Waals surface area contributed by atoms with Crippen molar-refractivity contribution >= 4 is 12.3 Å². The minimum atomic E-state index is -0.429. The molecule has 1 heterocycles. The number of carbonyl (C=O) groups excluding carboxylic acids is 2. The molecule has 0 radical (unpaired) electrons. The van der Waals surface area contributed by atoms with Crippen LogP contribution in [-0.2, 0) is 9.53 Å². The third-order valence-electron chi connectivity index (χ3n) is 2.58. The molecule has 0 spiro atoms. The van der Waals surface area contributed by atoms with Crippen LogP contribution in [0.2, 0.25) is 0 Å². The molecule has 1 fully saturated rings. The Hall–Kier alpha value is -1.40. The second-order valence-corrected chi connectivity index (χ2v) is 4.63. The summed E-state index contributed by atoms with van der Waals surface area (Å²) in [6.45, 7) is 9.80. The van der Waals surface area contributed by atoms with Gasteiger partial charge in [-0.2, -0.15) is 0 Å². The standard InChI is InChI=1S/C11H18N2O4.C3H8.C2H6/c1-8(6-14)5-13(11(16)12-2)10-4-3-9(7-15)17-10;1-3-2;1-2/h5-6,9-10,15H,3-4,7H2,1-2H3,(H,12,16);3H2,1-2H3;1-2H3/b8-5-;;/t9-,10+;;/m0../s1. The number of carbonyl (C=O) groups is 2. The number of hydrogen-bond donors (Lipinski definition) is 2. The van der Waals surface area contributed by atoms with Crippen LogP contribution in [0.15, 0.2) is 11.8 Å². The second-order valence-electron chi connectivity index (χ2n) is 4.63. The van der Waals surface area contributed by atoms with Crippen LogP contribution >= 0.6 is 0 Å². The van der Waals surface area contributed by atoms with Crippen molar-refractivity contribution < 1.29 is 19.4 Å². The number of aldehydes is 1. The molecule has 6 nitrogen and oxygen atoms in total. The van der Waals surface area contributed by atoms with Crippen molar-refractivity contribution in [2.45, 2.75) is 66.2 Å². The maximum Gasteiger partial charge on any atom is 0.323 e. The highest BCUT2D eigenvalue weighted by Crippen LogP contribution is 2.23. The Labute approximate surface area is 134 Å². The van der Waals surface area contributed by atoms with Gasteiger partial charge in [-0.05, 0) is 19.8 Å². The largest absolute Gasteiger partial charge is 0.394 e. The van der Waals surface area contributed by atoms with Crippen molar-refractivity contribution in [2.24, 2.45) is 0 Å². The summed E-state index contributed by atoms with van der Waals surface area (Å²) in [6.07, 6.45) is 4.05. The van der Waals surface area contributed by atoms with Crippen LogP contribution in [0.1, 0.15) is 53.9 Å². The highest BCUT2D eigenvalue weighted by atomic mass is 16.5. The van der Waals surface area contributed by atoms with Crippen LogP contribution in [0.3, 0.4) is 0 Å². The zero-order valence-electron chi connectivity index (χ0n) is 14.8. The molecule has 1 saturated heterocycles. The number of nitrogens with zero attached hydrogens (tertiary/aromatic N) is 1. The first kappa shape index (κ1) is 22.9. The summed E-state index contributed by atoms with van der Waals surface area (Å²) in [6, 6.07) is -0.338. The fourth-order valence-corrected chi connectivity index (χ4v) is 1.68. The van der Waals surface area contributed by atoms with Crippen LogP contribution < -0.4 is 5.32 Å². The van der Waals surface area contributed by atoms with Crippen molar-refractivity contribution in [3.05, 3.63) is 11.8 Å². The molecule has 0 unspecified atom stereocenters. The molecule has 6 heteroatoms. The molecule has 0 saturated carbocycles. The van der Waals surface area contributed by atoms with E-state index in [1.807, 2.05) is 13.8 Å². The summed E-state index contributed by atoms with van der Waals surface area (Å²) in [5.41, 5.74) is 0.435. The van der Waals surface area contributed by atoms with Crippen LogP contribution in [0.4, 0.5) is 4.79 Å². The van der Waals surface area contributed by atoms with Crippen molar-refractivity contribution in [2.75, 3.05) is 13.7 Å². The molecule has 1 aliphatic rings. The SMILES string of the molecule is CC.CCC.CNC(=O)N(/C=C(/C)C=O)[C@H]1CC[C@@H](CO)O1. The number of nitrogens with one attached hydrogen (secondary N) is 1. The van der Waals surface area contributed by atoms with Crippen LogP contribution in [0.25, 0.3) is 0 Å². The number of aliphatic hydroxyl groups is 1. The van der Waals surface area contributed by atoms with E-state index in [9.17, 15) is 9.59 Å². The Bertz CT molecular complexity index is 332. The Morgan fingerprint density at radius 2 is 1.91 bits per heavy atom. The fraction of sp³-hybridized carbons (Fsp3) is 0.750. The van der Waals surface area contributed by atoms with Gasteiger partial charge in [0.2, 0.25) is 0 Å². The van der Waals surface area contributed by atoms with Gasteiger partial charge >= 0.3 is 6.03 Å². The lowest BCUT2D eigenvalue weighted by Crippen LogP contribution is -2.42. The summed E-state index contributed by atoms with van der Waals surface area (Å²) in [5.74, 6) is 0. The summed E-state index contributed by atoms with van der Waals surface area (Å²) in [5, 5.41) is 11.5. The Morgan fingerprint density at radius 1 is 1.36 bits per heavy atom. The van der Waals surface area contributed by atoms with Crippen LogP contribution in [0.5, 0.6) is 0 Å². The predicted octanol–water partition coefficient (Wildman–Crippen LogP) is 2.67. The van der Waals surface area contributed by atoms with E-state index in [1.165, 1.54) is 24.6 Å². The van der Waals surface area contributed by atoms with E-state index >= 15 is 0 Å². The molecule has 1 aliphatic heterocycles. The van der Waals surface area contributed by atoms with Crippen molar-refractivity contribution in [3.63, 3.8) is 0 Å². The average Bonchev–Trinajstić information content (AvgIpc) is 3.03. The van der Waals surface area contributed by atoms with Gasteiger partial charge in [0.05, 0.1) is 12.7 Å². The second kappa shape index (κ2) is 14.5. The van der Waals surface area contributed by atoms with E-state index in [4.69, 9.17) is 9.84 Å². The Kier molecular flexibility index (Phi) is 15.1. The average molecular weight is 316 g/mol. The topological polar surface area (TPSA) is 78.9 Å². The van der Waals surface area contributed by atoms with Gasteiger partial charge in [-0.1, -0.05) is 34.1 Å². The minimum absolute atomic E-state index is 0.0611. The van der Waals surface area contributed by atoms with Crippen molar-refractivity contribution in [3.8, 4) is 0 Å². The zero-order valence-corrected chi connectivity index (χ0v) is 14.8. The van der Waals surface area contributed by atoms with E-state index in [-0.39, 0.29) is 18.7 Å². The van der Waals surface area contributed by atoms with Gasteiger partial charge in [0.25, 0.3) is 0 Å². The highest BCUT2D eigenvalue weighted by Gasteiger charge is 2.31. The van der Waals surface area contributed by atoms with E-state index in [0.717, 1.165) is 0 Å². The van der Waals surface area contributed by atoms with Gasteiger partial charge < -0.3 is 15.2 Å². The van der Waals surface area contributed by atoms with Gasteiger partial charge in [0.1, 0.15) is 12.5 Å². The lowest BCUT2D eigenvalue weighted by atomic mass is 10.2. The van der Waals surface area contributed by atoms with Gasteiger partial charge in [-0.25, -0.2) is 4.79 Å². The third-order valence-corrected chi connectivity index (χ3v) is 2.58. The molecule has 1 rings (SSSR count). The smallest absolute Gasteiger partial charge is 0.323 e. The fourth-order valence-electron chi connectivity index (χ4n) is 1.68. The normalized spacial score (nSPS) is 20.0. The molecule has 2 N–H and O–H groups in total. The molecular weight excluding hydrogens is 284 g/mol. The summed E-state index contributed by atoms with van der Waals surface area (Å²) in [7, 11) is 1.51. The number of urea groups is 1. The summed E-state index contributed by atoms with van der Waals surface area (Å²) < 4.78 is 5.50. The molecule has 0 aromatic rings. The number of hydrogen-bond acceptors (Lipinski definition) is 4. The molecule has 0 aromatic heterocycles. The monoisotopic (exact) mass is 316 g/mol. The number of aliphatic hydroxyl groups excluding tert-OH is 1. The summed E-state index contributed by atoms with van der Waals surface area (Å²) in [4.78, 5) is 23.6. The molecular formula is C16H32N2O4. The van der Waals surface area contributed by atoms with Crippen molar-refractivity contribution in [1.82, 2.24) is 10.2 Å². The zero-order chi connectivity index (χ0) is 17.5. The predicted molar refractivity (Wildman–Crippen MR) is 88.4 cm³/mol. The van der Waals surface area contributed by atoms with E-state index in [2.05, 4.69) is 19.2 Å². The molecule has 2 amide bonds. The maximum absolute atomic E-state index is 11.7. The first-order chi connectivity index (χ1) is 10.5. The number of rotatable bonds is 4. The van der Waals surface area contributed by atoms with Crippen LogP contribution in [0, 0.1) is 0 Å². The molecule has 0 aromatic carbocycles. The highest BCUT2D eigenvalue weighted by molar-refractivity contribution is 5.78. The Morgan fingerprint density at radius 3 is 2.27 bits per heavy atom. The minimum Gasteiger partial charge on any atom is -0.394 e. The maximum atomic E-state index is 11.7. The molecule has 22 heavy (non-hydrogen) atoms. The van der Waals surface area contributed by atoms with E-state index in [1.54, 1.807) is 6.92 Å². The van der Waals surface area contributed by atoms with E-state index < -0.39 is 6.23 Å². The van der Waals surface area contributed by atoms with Gasteiger partial charge in [0.15, 0.2) is 0 Å². The molecule has 2 atom stereocenters. The molecule has 0 bridgehead atoms. The lowest BCUT2D eigenvalue weighted by molar-refractivity contribution is -0.105. The Balaban J connectivity index is 0. The number of amides is 2. The number of ether oxygens (including phenoxy) is 1. The van der Waals surface area contributed by atoms with Crippen molar-refractivity contribution in [1.29, 1.82) is 0 Å². The van der Waals surface area contributed by atoms with Crippen LogP contribution in [-0.4, -0.2) is 48.3 Å². The molecule has 0 aliphatic carbocycles. The first-order valence-electron chi connectivity index (χ1n) is 7.93. The quantitative estimate of drug-likeness (QED) is 0.617. The van der Waals surface area contributed by atoms with Gasteiger partial charge in [-0.3, -0.25) is 9.69 Å². The van der Waals surface area contributed by atoms with E-state index in [0.29, 0.717) is 24.7 Å². The van der Waals surface area contributed by atoms with Gasteiger partial charge in [-0.15, -0.1) is 0 Å². The third kappa shape index (κ3) is 8.79. The first-order valence-corrected chi connectivity index (χ1v) is 7.93. The summed E-state index contributed by atoms with van der Waals surface area (Å²) >= 11 is 0. The number of allylic oxidation sites excluding steroid dienone is 1. The molecule has 130 valence electrons. The van der Waals surface area contributed by atoms with Gasteiger partial charge in [0, 0.05) is 18.8 Å². The lowest BCUT2D eigenvalue weighted by Gasteiger charge is -2.25.